The fourth-order valence-corrected chi connectivity index (χ4v) is 4.69. The van der Waals surface area contributed by atoms with Gasteiger partial charge in [0.15, 0.2) is 5.78 Å². The van der Waals surface area contributed by atoms with Crippen LogP contribution >= 0.6 is 0 Å². The van der Waals surface area contributed by atoms with Crippen molar-refractivity contribution in [2.45, 2.75) is 6.42 Å². The lowest BCUT2D eigenvalue weighted by Crippen LogP contribution is -2.21. The normalized spacial score (nSPS) is 11.2. The number of non-ortho nitro benzene ring substituents is 1. The molecule has 0 fully saturated rings. The number of pyridine rings is 1. The molecule has 2 aromatic heterocycles. The predicted molar refractivity (Wildman–Crippen MR) is 151 cm³/mol. The van der Waals surface area contributed by atoms with E-state index in [2.05, 4.69) is 0 Å². The lowest BCUT2D eigenvalue weighted by atomic mass is 10.0. The van der Waals surface area contributed by atoms with E-state index in [0.717, 1.165) is 22.3 Å². The number of rotatable bonds is 9. The maximum atomic E-state index is 13.6. The molecule has 0 aliphatic carbocycles. The first kappa shape index (κ1) is 25.8. The van der Waals surface area contributed by atoms with Crippen molar-refractivity contribution in [2.75, 3.05) is 20.6 Å². The van der Waals surface area contributed by atoms with Crippen LogP contribution in [0.2, 0.25) is 0 Å². The SMILES string of the molecule is CN(C)CC(=O)c1cc(C(=O)c2ccc(-c3ccccc3)cc2)n2ccc(Cc3ccc([N+](=O)[O-])cc3)cc12. The zero-order chi connectivity index (χ0) is 27.5. The number of carbonyl (C=O) groups excluding carboxylic acids is 2. The molecule has 0 aliphatic heterocycles. The van der Waals surface area contributed by atoms with E-state index in [4.69, 9.17) is 0 Å². The maximum Gasteiger partial charge on any atom is 0.269 e. The van der Waals surface area contributed by atoms with Gasteiger partial charge in [-0.3, -0.25) is 19.7 Å². The highest BCUT2D eigenvalue weighted by atomic mass is 16.6. The van der Waals surface area contributed by atoms with Gasteiger partial charge in [0, 0.05) is 29.5 Å². The van der Waals surface area contributed by atoms with Crippen molar-refractivity contribution in [3.05, 3.63) is 141 Å². The smallest absolute Gasteiger partial charge is 0.269 e. The van der Waals surface area contributed by atoms with E-state index in [-0.39, 0.29) is 23.8 Å². The van der Waals surface area contributed by atoms with Crippen molar-refractivity contribution in [1.29, 1.82) is 0 Å². The van der Waals surface area contributed by atoms with Crippen LogP contribution in [0.1, 0.15) is 37.5 Å². The minimum Gasteiger partial charge on any atom is -0.313 e. The van der Waals surface area contributed by atoms with E-state index in [1.165, 1.54) is 12.1 Å². The van der Waals surface area contributed by atoms with Crippen LogP contribution < -0.4 is 0 Å². The molecule has 7 heteroatoms. The predicted octanol–water partition coefficient (Wildman–Crippen LogP) is 6.08. The summed E-state index contributed by atoms with van der Waals surface area (Å²) in [4.78, 5) is 39.2. The van der Waals surface area contributed by atoms with Crippen LogP contribution in [0.15, 0.2) is 103 Å². The first-order valence-corrected chi connectivity index (χ1v) is 12.6. The number of fused-ring (bicyclic) bond motifs is 1. The Labute approximate surface area is 226 Å². The summed E-state index contributed by atoms with van der Waals surface area (Å²) in [7, 11) is 3.66. The van der Waals surface area contributed by atoms with E-state index in [1.54, 1.807) is 27.5 Å². The van der Waals surface area contributed by atoms with Crippen molar-refractivity contribution >= 4 is 22.8 Å². The van der Waals surface area contributed by atoms with Gasteiger partial charge >= 0.3 is 0 Å². The fourth-order valence-electron chi connectivity index (χ4n) is 4.69. The molecule has 5 rings (SSSR count). The number of hydrogen-bond donors (Lipinski definition) is 0. The van der Waals surface area contributed by atoms with Gasteiger partial charge in [-0.05, 0) is 61.0 Å². The van der Waals surface area contributed by atoms with Gasteiger partial charge in [-0.1, -0.05) is 66.7 Å². The van der Waals surface area contributed by atoms with Gasteiger partial charge in [-0.15, -0.1) is 0 Å². The summed E-state index contributed by atoms with van der Waals surface area (Å²) in [5.41, 5.74) is 6.07. The first-order valence-electron chi connectivity index (χ1n) is 12.6. The van der Waals surface area contributed by atoms with Gasteiger partial charge in [0.1, 0.15) is 0 Å². The van der Waals surface area contributed by atoms with Gasteiger partial charge in [-0.25, -0.2) is 0 Å². The van der Waals surface area contributed by atoms with Gasteiger partial charge in [-0.2, -0.15) is 0 Å². The molecule has 0 spiro atoms. The van der Waals surface area contributed by atoms with Crippen molar-refractivity contribution in [3.63, 3.8) is 0 Å². The summed E-state index contributed by atoms with van der Waals surface area (Å²) in [6, 6.07) is 29.4. The number of Topliss-reactive ketones (excluding diaryl/α,β-unsaturated/α-hetero) is 1. The minimum absolute atomic E-state index is 0.0392. The largest absolute Gasteiger partial charge is 0.313 e. The fraction of sp³-hybridized carbons (Fsp3) is 0.125. The summed E-state index contributed by atoms with van der Waals surface area (Å²) in [6.07, 6.45) is 2.35. The Balaban J connectivity index is 1.50. The molecule has 0 aliphatic rings. The van der Waals surface area contributed by atoms with Crippen LogP contribution in [0.25, 0.3) is 16.6 Å². The van der Waals surface area contributed by atoms with E-state index < -0.39 is 4.92 Å². The number of nitro benzene ring substituents is 1. The molecule has 0 bridgehead atoms. The second-order valence-corrected chi connectivity index (χ2v) is 9.77. The molecule has 3 aromatic carbocycles. The highest BCUT2D eigenvalue weighted by molar-refractivity contribution is 6.12. The van der Waals surface area contributed by atoms with Crippen molar-refractivity contribution < 1.29 is 14.5 Å². The molecule has 7 nitrogen and oxygen atoms in total. The third-order valence-electron chi connectivity index (χ3n) is 6.64. The molecule has 2 heterocycles. The third-order valence-corrected chi connectivity index (χ3v) is 6.64. The number of likely N-dealkylation sites (N-methyl/N-ethyl adjacent to an activating group) is 1. The Morgan fingerprint density at radius 2 is 1.49 bits per heavy atom. The molecule has 0 N–H and O–H groups in total. The Kier molecular flexibility index (Phi) is 7.17. The van der Waals surface area contributed by atoms with Crippen molar-refractivity contribution in [2.24, 2.45) is 0 Å². The minimum atomic E-state index is -0.424. The summed E-state index contributed by atoms with van der Waals surface area (Å²) in [5, 5.41) is 11.0. The van der Waals surface area contributed by atoms with Crippen LogP contribution in [0.4, 0.5) is 5.69 Å². The lowest BCUT2D eigenvalue weighted by Gasteiger charge is -2.09. The van der Waals surface area contributed by atoms with Crippen LogP contribution in [0, 0.1) is 10.1 Å². The summed E-state index contributed by atoms with van der Waals surface area (Å²) in [6.45, 7) is 0.214. The zero-order valence-electron chi connectivity index (χ0n) is 21.7. The second kappa shape index (κ2) is 10.8. The van der Waals surface area contributed by atoms with Gasteiger partial charge in [0.05, 0.1) is 22.7 Å². The number of benzene rings is 3. The summed E-state index contributed by atoms with van der Waals surface area (Å²) >= 11 is 0. The average molecular weight is 518 g/mol. The van der Waals surface area contributed by atoms with Gasteiger partial charge in [0.25, 0.3) is 5.69 Å². The van der Waals surface area contributed by atoms with Crippen molar-refractivity contribution in [1.82, 2.24) is 9.30 Å². The zero-order valence-corrected chi connectivity index (χ0v) is 21.7. The molecule has 5 aromatic rings. The van der Waals surface area contributed by atoms with Crippen LogP contribution in [-0.2, 0) is 6.42 Å². The number of nitrogens with zero attached hydrogens (tertiary/aromatic N) is 3. The number of aromatic nitrogens is 1. The van der Waals surface area contributed by atoms with Gasteiger partial charge in [0.2, 0.25) is 5.78 Å². The first-order chi connectivity index (χ1) is 18.8. The quantitative estimate of drug-likeness (QED) is 0.134. The molecular formula is C32H27N3O4. The van der Waals surface area contributed by atoms with Crippen LogP contribution in [0.3, 0.4) is 0 Å². The Morgan fingerprint density at radius 3 is 2.13 bits per heavy atom. The number of hydrogen-bond acceptors (Lipinski definition) is 5. The number of nitro groups is 1. The van der Waals surface area contributed by atoms with Gasteiger partial charge < -0.3 is 9.30 Å². The Morgan fingerprint density at radius 1 is 0.821 bits per heavy atom. The maximum absolute atomic E-state index is 13.6. The standard InChI is InChI=1S/C32H27N3O4/c1-33(2)21-31(36)28-20-30(32(37)26-12-10-25(11-13-26)24-6-4-3-5-7-24)34-17-16-23(19-29(28)34)18-22-8-14-27(15-9-22)35(38)39/h3-17,19-20H,18,21H2,1-2H3. The molecule has 0 atom stereocenters. The Bertz CT molecular complexity index is 1670. The van der Waals surface area contributed by atoms with Crippen LogP contribution in [0.5, 0.6) is 0 Å². The highest BCUT2D eigenvalue weighted by Gasteiger charge is 2.21. The summed E-state index contributed by atoms with van der Waals surface area (Å²) in [5.74, 6) is -0.250. The third kappa shape index (κ3) is 5.54. The molecule has 0 radical (unpaired) electrons. The van der Waals surface area contributed by atoms with Crippen LogP contribution in [-0.4, -0.2) is 46.4 Å². The van der Waals surface area contributed by atoms with E-state index in [9.17, 15) is 19.7 Å². The average Bonchev–Trinajstić information content (AvgIpc) is 3.32. The summed E-state index contributed by atoms with van der Waals surface area (Å²) < 4.78 is 1.77. The molecule has 0 saturated carbocycles. The lowest BCUT2D eigenvalue weighted by molar-refractivity contribution is -0.384. The monoisotopic (exact) mass is 517 g/mol. The second-order valence-electron chi connectivity index (χ2n) is 9.77. The van der Waals surface area contributed by atoms with Crippen molar-refractivity contribution in [3.8, 4) is 11.1 Å². The highest BCUT2D eigenvalue weighted by Crippen LogP contribution is 2.25. The Hall–Kier alpha value is -4.88. The number of ketones is 2. The number of carbonyl (C=O) groups is 2. The van der Waals surface area contributed by atoms with E-state index in [1.807, 2.05) is 87.0 Å². The van der Waals surface area contributed by atoms with E-state index >= 15 is 0 Å². The molecular weight excluding hydrogens is 490 g/mol. The topological polar surface area (TPSA) is 84.9 Å². The molecule has 0 amide bonds. The molecule has 0 saturated heterocycles. The molecule has 0 unspecified atom stereocenters. The van der Waals surface area contributed by atoms with E-state index in [0.29, 0.717) is 28.8 Å². The molecule has 39 heavy (non-hydrogen) atoms. The molecule has 194 valence electrons.